The summed E-state index contributed by atoms with van der Waals surface area (Å²) in [4.78, 5) is 6.04. The smallest absolute Gasteiger partial charge is 0.129 e. The van der Waals surface area contributed by atoms with Crippen LogP contribution in [0.25, 0.3) is 0 Å². The molecule has 1 aliphatic rings. The number of rotatable bonds is 4. The number of nitrogens with one attached hydrogen (secondary N) is 1. The van der Waals surface area contributed by atoms with Gasteiger partial charge in [0.2, 0.25) is 0 Å². The molecule has 0 aromatic heterocycles. The summed E-state index contributed by atoms with van der Waals surface area (Å²) in [6.45, 7) is 8.51. The Labute approximate surface area is 153 Å². The Kier molecular flexibility index (Phi) is 6.24. The summed E-state index contributed by atoms with van der Waals surface area (Å²) in [5.41, 5.74) is 2.33. The minimum atomic E-state index is -0.342. The van der Waals surface area contributed by atoms with Crippen LogP contribution in [-0.2, 0) is 9.57 Å². The van der Waals surface area contributed by atoms with Crippen molar-refractivity contribution in [2.24, 2.45) is 5.16 Å². The number of benzene rings is 1. The molecule has 0 radical (unpaired) electrons. The molecule has 0 saturated carbocycles. The van der Waals surface area contributed by atoms with Gasteiger partial charge in [-0.15, -0.1) is 0 Å². The van der Waals surface area contributed by atoms with Gasteiger partial charge < -0.3 is 14.9 Å². The minimum absolute atomic E-state index is 0.342. The van der Waals surface area contributed by atoms with E-state index >= 15 is 0 Å². The minimum Gasteiger partial charge on any atom is -0.498 e. The molecule has 4 nitrogen and oxygen atoms in total. The summed E-state index contributed by atoms with van der Waals surface area (Å²) in [5, 5.41) is 7.85. The van der Waals surface area contributed by atoms with Crippen molar-refractivity contribution in [2.45, 2.75) is 46.1 Å². The predicted octanol–water partition coefficient (Wildman–Crippen LogP) is 5.31. The summed E-state index contributed by atoms with van der Waals surface area (Å²) < 4.78 is 5.57. The van der Waals surface area contributed by atoms with E-state index in [4.69, 9.17) is 33.4 Å². The highest BCUT2D eigenvalue weighted by atomic mass is 35.5. The third kappa shape index (κ3) is 5.49. The van der Waals surface area contributed by atoms with Crippen LogP contribution in [0.5, 0.6) is 0 Å². The van der Waals surface area contributed by atoms with Crippen LogP contribution >= 0.6 is 23.8 Å². The van der Waals surface area contributed by atoms with Crippen LogP contribution in [0.2, 0.25) is 5.02 Å². The summed E-state index contributed by atoms with van der Waals surface area (Å²) in [7, 11) is 0. The number of hydrogen-bond donors (Lipinski definition) is 1. The molecule has 0 atom stereocenters. The maximum Gasteiger partial charge on any atom is 0.129 e. The molecule has 1 N–H and O–H groups in total. The fourth-order valence-corrected chi connectivity index (χ4v) is 2.71. The van der Waals surface area contributed by atoms with Crippen LogP contribution in [0, 0.1) is 0 Å². The van der Waals surface area contributed by atoms with Gasteiger partial charge in [-0.25, -0.2) is 0 Å². The molecule has 0 amide bonds. The molecule has 0 bridgehead atoms. The number of anilines is 1. The maximum absolute atomic E-state index is 6.22. The fourth-order valence-electron chi connectivity index (χ4n) is 2.18. The lowest BCUT2D eigenvalue weighted by Gasteiger charge is -2.20. The van der Waals surface area contributed by atoms with Gasteiger partial charge in [-0.05, 0) is 58.7 Å². The molecule has 6 heteroatoms. The van der Waals surface area contributed by atoms with Gasteiger partial charge in [0.1, 0.15) is 10.6 Å². The summed E-state index contributed by atoms with van der Waals surface area (Å²) in [6.07, 6.45) is 3.52. The van der Waals surface area contributed by atoms with Gasteiger partial charge in [-0.2, -0.15) is 0 Å². The highest BCUT2D eigenvalue weighted by Gasteiger charge is 2.15. The Morgan fingerprint density at radius 1 is 1.42 bits per heavy atom. The van der Waals surface area contributed by atoms with Gasteiger partial charge in [0, 0.05) is 21.8 Å². The molecule has 2 rings (SSSR count). The van der Waals surface area contributed by atoms with E-state index in [1.54, 1.807) is 6.21 Å². The zero-order chi connectivity index (χ0) is 17.7. The first kappa shape index (κ1) is 18.7. The Balaban J connectivity index is 2.12. The third-order valence-electron chi connectivity index (χ3n) is 3.36. The molecule has 0 fully saturated rings. The fraction of sp³-hybridized carbons (Fsp3) is 0.444. The average Bonchev–Trinajstić information content (AvgIpc) is 2.49. The number of hydrogen-bond acceptors (Lipinski definition) is 4. The van der Waals surface area contributed by atoms with E-state index in [2.05, 4.69) is 10.5 Å². The van der Waals surface area contributed by atoms with Gasteiger partial charge in [0.25, 0.3) is 0 Å². The molecule has 1 aliphatic heterocycles. The molecular weight excluding hydrogens is 344 g/mol. The summed E-state index contributed by atoms with van der Waals surface area (Å²) >= 11 is 11.7. The van der Waals surface area contributed by atoms with Crippen LogP contribution in [0.1, 0.15) is 46.1 Å². The van der Waals surface area contributed by atoms with E-state index in [1.165, 1.54) is 0 Å². The first-order valence-corrected chi connectivity index (χ1v) is 8.70. The Morgan fingerprint density at radius 3 is 2.83 bits per heavy atom. The van der Waals surface area contributed by atoms with E-state index < -0.39 is 0 Å². The topological polar surface area (TPSA) is 42.9 Å². The monoisotopic (exact) mass is 366 g/mol. The van der Waals surface area contributed by atoms with E-state index in [1.807, 2.05) is 45.9 Å². The van der Waals surface area contributed by atoms with Gasteiger partial charge in [0.05, 0.1) is 18.6 Å². The van der Waals surface area contributed by atoms with E-state index in [0.717, 1.165) is 42.0 Å². The third-order valence-corrected chi connectivity index (χ3v) is 4.05. The predicted molar refractivity (Wildman–Crippen MR) is 104 cm³/mol. The molecular formula is C18H23ClN2O2S. The second-order valence-corrected chi connectivity index (χ2v) is 7.43. The molecule has 0 unspecified atom stereocenters. The van der Waals surface area contributed by atoms with Crippen molar-refractivity contribution in [3.63, 3.8) is 0 Å². The molecule has 130 valence electrons. The number of allylic oxidation sites excluding steroid dienone is 1. The highest BCUT2D eigenvalue weighted by Crippen LogP contribution is 2.24. The SMILES string of the molecule is CC1=C(C(=S)Nc2ccc(Cl)c(/C=N/OC(C)(C)C)c2)CCCO1. The largest absolute Gasteiger partial charge is 0.498 e. The molecule has 0 spiro atoms. The first-order valence-electron chi connectivity index (χ1n) is 7.91. The zero-order valence-electron chi connectivity index (χ0n) is 14.5. The normalized spacial score (nSPS) is 15.4. The van der Waals surface area contributed by atoms with Crippen molar-refractivity contribution in [1.82, 2.24) is 0 Å². The zero-order valence-corrected chi connectivity index (χ0v) is 16.1. The number of ether oxygens (including phenoxy) is 1. The standard InChI is InChI=1S/C18H23ClN2O2S/c1-12-15(6-5-9-22-12)17(24)21-14-7-8-16(19)13(10-14)11-20-23-18(2,3)4/h7-8,10-11H,5-6,9H2,1-4H3,(H,21,24)/b20-11+. The van der Waals surface area contributed by atoms with E-state index in [0.29, 0.717) is 10.0 Å². The van der Waals surface area contributed by atoms with Gasteiger partial charge in [-0.3, -0.25) is 0 Å². The van der Waals surface area contributed by atoms with Crippen molar-refractivity contribution in [3.8, 4) is 0 Å². The molecule has 0 aliphatic carbocycles. The van der Waals surface area contributed by atoms with E-state index in [9.17, 15) is 0 Å². The molecule has 24 heavy (non-hydrogen) atoms. The molecule has 1 aromatic rings. The number of halogens is 1. The van der Waals surface area contributed by atoms with Crippen LogP contribution in [0.4, 0.5) is 5.69 Å². The van der Waals surface area contributed by atoms with Crippen molar-refractivity contribution in [2.75, 3.05) is 11.9 Å². The van der Waals surface area contributed by atoms with Crippen LogP contribution in [0.15, 0.2) is 34.7 Å². The second kappa shape index (κ2) is 7.99. The molecule has 1 heterocycles. The maximum atomic E-state index is 6.22. The molecule has 0 saturated heterocycles. The second-order valence-electron chi connectivity index (χ2n) is 6.62. The summed E-state index contributed by atoms with van der Waals surface area (Å²) in [5.74, 6) is 0.896. The van der Waals surface area contributed by atoms with Gasteiger partial charge in [-0.1, -0.05) is 29.0 Å². The Bertz CT molecular complexity index is 678. The summed E-state index contributed by atoms with van der Waals surface area (Å²) in [6, 6.07) is 5.59. The van der Waals surface area contributed by atoms with Crippen LogP contribution in [0.3, 0.4) is 0 Å². The van der Waals surface area contributed by atoms with Gasteiger partial charge in [0.15, 0.2) is 0 Å². The lowest BCUT2D eigenvalue weighted by Crippen LogP contribution is -2.18. The van der Waals surface area contributed by atoms with Gasteiger partial charge >= 0.3 is 0 Å². The Hall–Kier alpha value is -1.59. The van der Waals surface area contributed by atoms with Crippen LogP contribution in [-0.4, -0.2) is 23.4 Å². The number of thiocarbonyl (C=S) groups is 1. The molecule has 1 aromatic carbocycles. The van der Waals surface area contributed by atoms with Crippen molar-refractivity contribution < 1.29 is 9.57 Å². The van der Waals surface area contributed by atoms with Crippen molar-refractivity contribution >= 4 is 40.7 Å². The quantitative estimate of drug-likeness (QED) is 0.445. The average molecular weight is 367 g/mol. The van der Waals surface area contributed by atoms with E-state index in [-0.39, 0.29) is 5.60 Å². The lowest BCUT2D eigenvalue weighted by atomic mass is 10.1. The first-order chi connectivity index (χ1) is 11.3. The van der Waals surface area contributed by atoms with Crippen LogP contribution < -0.4 is 5.32 Å². The number of nitrogens with zero attached hydrogens (tertiary/aromatic N) is 1. The van der Waals surface area contributed by atoms with Crippen molar-refractivity contribution in [3.05, 3.63) is 40.1 Å². The van der Waals surface area contributed by atoms with Crippen molar-refractivity contribution in [1.29, 1.82) is 0 Å². The lowest BCUT2D eigenvalue weighted by molar-refractivity contribution is 0.00199. The highest BCUT2D eigenvalue weighted by molar-refractivity contribution is 7.81. The number of oxime groups is 1. The Morgan fingerprint density at radius 2 is 2.17 bits per heavy atom.